The average Bonchev–Trinajstić information content (AvgIpc) is 2.95. The number of benzene rings is 1. The first-order chi connectivity index (χ1) is 10.3. The van der Waals surface area contributed by atoms with E-state index in [0.29, 0.717) is 0 Å². The monoisotopic (exact) mass is 287 g/mol. The molecule has 1 N–H and O–H groups in total. The maximum absolute atomic E-state index is 4.29. The third-order valence-electron chi connectivity index (χ3n) is 3.46. The quantitative estimate of drug-likeness (QED) is 0.719. The van der Waals surface area contributed by atoms with Gasteiger partial charge in [-0.05, 0) is 31.5 Å². The van der Waals surface area contributed by atoms with Crippen molar-refractivity contribution in [2.24, 2.45) is 0 Å². The summed E-state index contributed by atoms with van der Waals surface area (Å²) in [7, 11) is 2.13. The molecule has 0 aliphatic rings. The van der Waals surface area contributed by atoms with Gasteiger partial charge < -0.3 is 10.2 Å². The van der Waals surface area contributed by atoms with Gasteiger partial charge in [-0.25, -0.2) is 9.67 Å². The van der Waals surface area contributed by atoms with Gasteiger partial charge in [0.15, 0.2) is 0 Å². The Kier molecular flexibility index (Phi) is 6.22. The van der Waals surface area contributed by atoms with Gasteiger partial charge in [-0.1, -0.05) is 25.1 Å². The fourth-order valence-electron chi connectivity index (χ4n) is 2.28. The number of aryl methyl sites for hydroxylation is 1. The van der Waals surface area contributed by atoms with Gasteiger partial charge in [-0.15, -0.1) is 0 Å². The first-order valence-corrected chi connectivity index (χ1v) is 7.65. The average molecular weight is 287 g/mol. The van der Waals surface area contributed by atoms with Gasteiger partial charge in [-0.3, -0.25) is 0 Å². The van der Waals surface area contributed by atoms with Crippen LogP contribution in [0.25, 0.3) is 0 Å². The van der Waals surface area contributed by atoms with Gasteiger partial charge in [0.2, 0.25) is 0 Å². The van der Waals surface area contributed by atoms with Crippen LogP contribution in [-0.2, 0) is 13.1 Å². The van der Waals surface area contributed by atoms with Crippen LogP contribution in [0, 0.1) is 0 Å². The molecule has 0 amide bonds. The smallest absolute Gasteiger partial charge is 0.140 e. The Labute approximate surface area is 127 Å². The minimum Gasteiger partial charge on any atom is -0.375 e. The molecule has 21 heavy (non-hydrogen) atoms. The third kappa shape index (κ3) is 4.86. The predicted octanol–water partition coefficient (Wildman–Crippen LogP) is 2.30. The number of para-hydroxylation sites is 1. The number of hydrogen-bond acceptors (Lipinski definition) is 4. The largest absolute Gasteiger partial charge is 0.375 e. The highest BCUT2D eigenvalue weighted by atomic mass is 15.3. The number of hydrogen-bond donors (Lipinski definition) is 1. The normalized spacial score (nSPS) is 10.8. The molecule has 2 rings (SSSR count). The summed E-state index contributed by atoms with van der Waals surface area (Å²) in [5.41, 5.74) is 1.26. The van der Waals surface area contributed by atoms with Crippen molar-refractivity contribution in [3.05, 3.63) is 42.5 Å². The molecule has 5 heteroatoms. The van der Waals surface area contributed by atoms with Gasteiger partial charge in [0.05, 0.1) is 6.54 Å². The topological polar surface area (TPSA) is 46.0 Å². The molecule has 0 aliphatic carbocycles. The summed E-state index contributed by atoms with van der Waals surface area (Å²) >= 11 is 0. The van der Waals surface area contributed by atoms with E-state index in [1.54, 1.807) is 6.33 Å². The number of aromatic nitrogens is 3. The van der Waals surface area contributed by atoms with Crippen molar-refractivity contribution >= 4 is 5.69 Å². The molecule has 0 saturated heterocycles. The number of nitrogens with one attached hydrogen (secondary N) is 1. The standard InChI is InChI=1S/C16H25N5/c1-3-11-21-16(18-14-19-21)13-17-10-7-12-20(2)15-8-5-4-6-9-15/h4-6,8-9,14,17H,3,7,10-13H2,1-2H3. The van der Waals surface area contributed by atoms with E-state index in [9.17, 15) is 0 Å². The van der Waals surface area contributed by atoms with Crippen molar-refractivity contribution in [1.29, 1.82) is 0 Å². The number of rotatable bonds is 9. The van der Waals surface area contributed by atoms with Crippen molar-refractivity contribution in [2.45, 2.75) is 32.9 Å². The highest BCUT2D eigenvalue weighted by Crippen LogP contribution is 2.10. The summed E-state index contributed by atoms with van der Waals surface area (Å²) < 4.78 is 1.98. The van der Waals surface area contributed by atoms with Crippen LogP contribution in [0.4, 0.5) is 5.69 Å². The van der Waals surface area contributed by atoms with Crippen LogP contribution in [0.15, 0.2) is 36.7 Å². The summed E-state index contributed by atoms with van der Waals surface area (Å²) in [4.78, 5) is 6.57. The van der Waals surface area contributed by atoms with Crippen LogP contribution < -0.4 is 10.2 Å². The SMILES string of the molecule is CCCn1ncnc1CNCCCN(C)c1ccccc1. The fourth-order valence-corrected chi connectivity index (χ4v) is 2.28. The molecule has 0 fully saturated rings. The summed E-state index contributed by atoms with van der Waals surface area (Å²) in [5.74, 6) is 1.02. The maximum atomic E-state index is 4.29. The van der Waals surface area contributed by atoms with Crippen LogP contribution in [0.3, 0.4) is 0 Å². The van der Waals surface area contributed by atoms with E-state index in [1.165, 1.54) is 5.69 Å². The molecule has 1 heterocycles. The summed E-state index contributed by atoms with van der Waals surface area (Å²) in [6, 6.07) is 10.5. The summed E-state index contributed by atoms with van der Waals surface area (Å²) in [6.45, 7) is 5.90. The second-order valence-corrected chi connectivity index (χ2v) is 5.19. The van der Waals surface area contributed by atoms with E-state index in [-0.39, 0.29) is 0 Å². The van der Waals surface area contributed by atoms with Crippen molar-refractivity contribution in [3.8, 4) is 0 Å². The van der Waals surface area contributed by atoms with Crippen LogP contribution >= 0.6 is 0 Å². The number of anilines is 1. The molecule has 114 valence electrons. The van der Waals surface area contributed by atoms with Gasteiger partial charge in [0.25, 0.3) is 0 Å². The van der Waals surface area contributed by atoms with E-state index in [2.05, 4.69) is 58.5 Å². The van der Waals surface area contributed by atoms with Crippen LogP contribution in [0.2, 0.25) is 0 Å². The molecule has 0 bridgehead atoms. The Hall–Kier alpha value is -1.88. The predicted molar refractivity (Wildman–Crippen MR) is 86.3 cm³/mol. The zero-order chi connectivity index (χ0) is 14.9. The molecule has 0 unspecified atom stereocenters. The second kappa shape index (κ2) is 8.42. The lowest BCUT2D eigenvalue weighted by Gasteiger charge is -2.19. The lowest BCUT2D eigenvalue weighted by Crippen LogP contribution is -2.24. The molecule has 0 aliphatic heterocycles. The van der Waals surface area contributed by atoms with Crippen molar-refractivity contribution in [2.75, 3.05) is 25.0 Å². The molecular formula is C16H25N5. The Balaban J connectivity index is 1.65. The zero-order valence-corrected chi connectivity index (χ0v) is 13.0. The Morgan fingerprint density at radius 2 is 2.05 bits per heavy atom. The highest BCUT2D eigenvalue weighted by molar-refractivity contribution is 5.44. The molecule has 5 nitrogen and oxygen atoms in total. The number of nitrogens with zero attached hydrogens (tertiary/aromatic N) is 4. The van der Waals surface area contributed by atoms with Crippen molar-refractivity contribution in [3.63, 3.8) is 0 Å². The van der Waals surface area contributed by atoms with Gasteiger partial charge in [-0.2, -0.15) is 5.10 Å². The maximum Gasteiger partial charge on any atom is 0.140 e. The van der Waals surface area contributed by atoms with Gasteiger partial charge in [0.1, 0.15) is 12.2 Å². The fraction of sp³-hybridized carbons (Fsp3) is 0.500. The lowest BCUT2D eigenvalue weighted by atomic mass is 10.3. The minimum absolute atomic E-state index is 0.787. The third-order valence-corrected chi connectivity index (χ3v) is 3.46. The van der Waals surface area contributed by atoms with E-state index in [1.807, 2.05) is 10.7 Å². The van der Waals surface area contributed by atoms with E-state index < -0.39 is 0 Å². The molecule has 0 radical (unpaired) electrons. The molecule has 1 aromatic heterocycles. The van der Waals surface area contributed by atoms with Crippen LogP contribution in [-0.4, -0.2) is 34.9 Å². The van der Waals surface area contributed by atoms with Gasteiger partial charge >= 0.3 is 0 Å². The van der Waals surface area contributed by atoms with Crippen molar-refractivity contribution < 1.29 is 0 Å². The van der Waals surface area contributed by atoms with Crippen LogP contribution in [0.5, 0.6) is 0 Å². The van der Waals surface area contributed by atoms with E-state index >= 15 is 0 Å². The summed E-state index contributed by atoms with van der Waals surface area (Å²) in [6.07, 6.45) is 3.82. The second-order valence-electron chi connectivity index (χ2n) is 5.19. The van der Waals surface area contributed by atoms with Gasteiger partial charge in [0, 0.05) is 25.8 Å². The Morgan fingerprint density at radius 1 is 1.24 bits per heavy atom. The molecule has 0 atom stereocenters. The molecule has 1 aromatic carbocycles. The first kappa shape index (κ1) is 15.5. The highest BCUT2D eigenvalue weighted by Gasteiger charge is 2.03. The van der Waals surface area contributed by atoms with E-state index in [0.717, 1.165) is 44.8 Å². The molecular weight excluding hydrogens is 262 g/mol. The molecule has 2 aromatic rings. The Bertz CT molecular complexity index is 508. The zero-order valence-electron chi connectivity index (χ0n) is 13.0. The Morgan fingerprint density at radius 3 is 2.81 bits per heavy atom. The van der Waals surface area contributed by atoms with Crippen LogP contribution in [0.1, 0.15) is 25.6 Å². The molecule has 0 saturated carbocycles. The lowest BCUT2D eigenvalue weighted by molar-refractivity contribution is 0.538. The van der Waals surface area contributed by atoms with Crippen molar-refractivity contribution in [1.82, 2.24) is 20.1 Å². The minimum atomic E-state index is 0.787. The van der Waals surface area contributed by atoms with E-state index in [4.69, 9.17) is 0 Å². The first-order valence-electron chi connectivity index (χ1n) is 7.65. The summed E-state index contributed by atoms with van der Waals surface area (Å²) in [5, 5.41) is 7.67. The molecule has 0 spiro atoms.